The second-order valence-electron chi connectivity index (χ2n) is 4.87. The first kappa shape index (κ1) is 18.9. The molecule has 0 unspecified atom stereocenters. The molecule has 0 saturated heterocycles. The number of hydrogen-bond acceptors (Lipinski definition) is 5. The van der Waals surface area contributed by atoms with Crippen LogP contribution in [-0.4, -0.2) is 40.3 Å². The van der Waals surface area contributed by atoms with E-state index < -0.39 is 22.5 Å². The van der Waals surface area contributed by atoms with Crippen molar-refractivity contribution in [3.8, 4) is 11.5 Å². The van der Waals surface area contributed by atoms with Gasteiger partial charge in [0.25, 0.3) is 10.0 Å². The van der Waals surface area contributed by atoms with Gasteiger partial charge in [0.1, 0.15) is 18.0 Å². The Morgan fingerprint density at radius 2 is 1.76 bits per heavy atom. The third-order valence-electron chi connectivity index (χ3n) is 3.34. The Labute approximate surface area is 150 Å². The van der Waals surface area contributed by atoms with Gasteiger partial charge < -0.3 is 14.6 Å². The van der Waals surface area contributed by atoms with Crippen LogP contribution in [0.5, 0.6) is 11.5 Å². The van der Waals surface area contributed by atoms with Crippen LogP contribution < -0.4 is 13.8 Å². The number of anilines is 1. The largest absolute Gasteiger partial charge is 0.495 e. The fraction of sp³-hybridized carbons (Fsp3) is 0.188. The van der Waals surface area contributed by atoms with Crippen LogP contribution in [0.2, 0.25) is 5.02 Å². The highest BCUT2D eigenvalue weighted by atomic mass is 35.5. The van der Waals surface area contributed by atoms with E-state index in [-0.39, 0.29) is 21.4 Å². The van der Waals surface area contributed by atoms with Gasteiger partial charge >= 0.3 is 5.97 Å². The fourth-order valence-corrected chi connectivity index (χ4v) is 3.97. The molecule has 25 heavy (non-hydrogen) atoms. The minimum atomic E-state index is -4.20. The fourth-order valence-electron chi connectivity index (χ4n) is 2.19. The summed E-state index contributed by atoms with van der Waals surface area (Å²) in [6.45, 7) is -0.771. The van der Waals surface area contributed by atoms with Gasteiger partial charge in [0, 0.05) is 0 Å². The first-order valence-electron chi connectivity index (χ1n) is 7.02. The summed E-state index contributed by atoms with van der Waals surface area (Å²) >= 11 is 6.00. The number of carbonyl (C=O) groups is 1. The number of carboxylic acid groups (broad SMARTS) is 1. The molecule has 7 nitrogen and oxygen atoms in total. The predicted octanol–water partition coefficient (Wildman–Crippen LogP) is 2.64. The molecule has 0 spiro atoms. The molecule has 2 aromatic carbocycles. The van der Waals surface area contributed by atoms with Crippen LogP contribution >= 0.6 is 11.6 Å². The molecular formula is C16H16ClNO6S. The molecule has 0 aromatic heterocycles. The molecule has 0 amide bonds. The highest BCUT2D eigenvalue weighted by Crippen LogP contribution is 2.34. The molecule has 0 atom stereocenters. The summed E-state index contributed by atoms with van der Waals surface area (Å²) in [5.41, 5.74) is 0.111. The first-order valence-corrected chi connectivity index (χ1v) is 8.84. The maximum atomic E-state index is 13.0. The van der Waals surface area contributed by atoms with Crippen molar-refractivity contribution in [3.05, 3.63) is 47.5 Å². The zero-order valence-electron chi connectivity index (χ0n) is 13.5. The number of carboxylic acids is 1. The molecule has 2 rings (SSSR count). The van der Waals surface area contributed by atoms with Gasteiger partial charge in [-0.15, -0.1) is 0 Å². The van der Waals surface area contributed by atoms with E-state index in [0.29, 0.717) is 5.75 Å². The monoisotopic (exact) mass is 385 g/mol. The molecule has 0 bridgehead atoms. The number of halogens is 1. The van der Waals surface area contributed by atoms with Crippen molar-refractivity contribution in [3.63, 3.8) is 0 Å². The molecule has 0 aliphatic heterocycles. The number of para-hydroxylation sites is 2. The average molecular weight is 386 g/mol. The minimum absolute atomic E-state index is 0.0962. The lowest BCUT2D eigenvalue weighted by molar-refractivity contribution is -0.135. The number of aliphatic carboxylic acids is 1. The van der Waals surface area contributed by atoms with E-state index in [2.05, 4.69) is 0 Å². The number of benzene rings is 2. The molecule has 0 saturated carbocycles. The summed E-state index contributed by atoms with van der Waals surface area (Å²) < 4.78 is 36.9. The zero-order chi connectivity index (χ0) is 18.6. The van der Waals surface area contributed by atoms with E-state index in [0.717, 1.165) is 4.31 Å². The standard InChI is InChI=1S/C16H16ClNO6S/c1-23-14-8-7-11(9-12(14)17)25(21,22)18(10-16(19)20)13-5-3-4-6-15(13)24-2/h3-9H,10H2,1-2H3,(H,19,20). The zero-order valence-corrected chi connectivity index (χ0v) is 15.0. The van der Waals surface area contributed by atoms with E-state index in [9.17, 15) is 13.2 Å². The number of methoxy groups -OCH3 is 2. The van der Waals surface area contributed by atoms with Gasteiger partial charge in [-0.3, -0.25) is 9.10 Å². The lowest BCUT2D eigenvalue weighted by Crippen LogP contribution is -2.36. The molecule has 0 heterocycles. The van der Waals surface area contributed by atoms with Gasteiger partial charge in [0.2, 0.25) is 0 Å². The Morgan fingerprint density at radius 3 is 2.32 bits per heavy atom. The summed E-state index contributed by atoms with van der Waals surface area (Å²) in [5.74, 6) is -0.774. The smallest absolute Gasteiger partial charge is 0.324 e. The second kappa shape index (κ2) is 7.62. The van der Waals surface area contributed by atoms with Crippen molar-refractivity contribution >= 4 is 33.3 Å². The molecule has 0 aliphatic rings. The summed E-state index contributed by atoms with van der Waals surface area (Å²) in [6.07, 6.45) is 0. The molecular weight excluding hydrogens is 370 g/mol. The van der Waals surface area contributed by atoms with Crippen LogP contribution in [-0.2, 0) is 14.8 Å². The molecule has 0 radical (unpaired) electrons. The topological polar surface area (TPSA) is 93.1 Å². The Balaban J connectivity index is 2.60. The Morgan fingerprint density at radius 1 is 1.12 bits per heavy atom. The third-order valence-corrected chi connectivity index (χ3v) is 5.40. The molecule has 0 fully saturated rings. The maximum absolute atomic E-state index is 13.0. The molecule has 2 aromatic rings. The second-order valence-corrected chi connectivity index (χ2v) is 7.14. The van der Waals surface area contributed by atoms with Crippen LogP contribution in [0.4, 0.5) is 5.69 Å². The van der Waals surface area contributed by atoms with Crippen molar-refractivity contribution in [1.82, 2.24) is 0 Å². The van der Waals surface area contributed by atoms with Crippen molar-refractivity contribution in [2.24, 2.45) is 0 Å². The van der Waals surface area contributed by atoms with Crippen molar-refractivity contribution in [2.75, 3.05) is 25.1 Å². The van der Waals surface area contributed by atoms with Crippen LogP contribution in [0.3, 0.4) is 0 Å². The average Bonchev–Trinajstić information content (AvgIpc) is 2.59. The van der Waals surface area contributed by atoms with E-state index in [4.69, 9.17) is 26.2 Å². The van der Waals surface area contributed by atoms with Gasteiger partial charge in [-0.1, -0.05) is 23.7 Å². The Kier molecular flexibility index (Phi) is 5.76. The van der Waals surface area contributed by atoms with Crippen LogP contribution in [0.25, 0.3) is 0 Å². The summed E-state index contributed by atoms with van der Waals surface area (Å²) in [4.78, 5) is 11.1. The van der Waals surface area contributed by atoms with E-state index in [1.165, 1.54) is 38.5 Å². The third kappa shape index (κ3) is 3.97. The highest BCUT2D eigenvalue weighted by Gasteiger charge is 2.29. The molecule has 9 heteroatoms. The Bertz CT molecular complexity index is 884. The minimum Gasteiger partial charge on any atom is -0.495 e. The van der Waals surface area contributed by atoms with Crippen LogP contribution in [0.15, 0.2) is 47.4 Å². The summed E-state index contributed by atoms with van der Waals surface area (Å²) in [6, 6.07) is 10.1. The molecule has 1 N–H and O–H groups in total. The van der Waals surface area contributed by atoms with Gasteiger partial charge in [0.05, 0.1) is 29.8 Å². The first-order chi connectivity index (χ1) is 11.8. The quantitative estimate of drug-likeness (QED) is 0.787. The number of rotatable bonds is 7. The Hall–Kier alpha value is -2.45. The van der Waals surface area contributed by atoms with E-state index in [1.807, 2.05) is 0 Å². The van der Waals surface area contributed by atoms with Gasteiger partial charge in [-0.05, 0) is 30.3 Å². The van der Waals surface area contributed by atoms with Crippen LogP contribution in [0.1, 0.15) is 0 Å². The molecule has 134 valence electrons. The van der Waals surface area contributed by atoms with Crippen molar-refractivity contribution in [1.29, 1.82) is 0 Å². The van der Waals surface area contributed by atoms with E-state index in [1.54, 1.807) is 18.2 Å². The maximum Gasteiger partial charge on any atom is 0.324 e. The lowest BCUT2D eigenvalue weighted by atomic mass is 10.3. The summed E-state index contributed by atoms with van der Waals surface area (Å²) in [5, 5.41) is 9.26. The highest BCUT2D eigenvalue weighted by molar-refractivity contribution is 7.92. The van der Waals surface area contributed by atoms with Crippen LogP contribution in [0, 0.1) is 0 Å². The van der Waals surface area contributed by atoms with Crippen molar-refractivity contribution in [2.45, 2.75) is 4.90 Å². The van der Waals surface area contributed by atoms with E-state index >= 15 is 0 Å². The SMILES string of the molecule is COc1ccc(S(=O)(=O)N(CC(=O)O)c2ccccc2OC)cc1Cl. The number of nitrogens with zero attached hydrogens (tertiary/aromatic N) is 1. The number of ether oxygens (including phenoxy) is 2. The normalized spacial score (nSPS) is 11.0. The number of hydrogen-bond donors (Lipinski definition) is 1. The van der Waals surface area contributed by atoms with Gasteiger partial charge in [-0.25, -0.2) is 8.42 Å². The van der Waals surface area contributed by atoms with Crippen molar-refractivity contribution < 1.29 is 27.8 Å². The lowest BCUT2D eigenvalue weighted by Gasteiger charge is -2.24. The number of sulfonamides is 1. The van der Waals surface area contributed by atoms with Gasteiger partial charge in [-0.2, -0.15) is 0 Å². The predicted molar refractivity (Wildman–Crippen MR) is 93.2 cm³/mol. The molecule has 0 aliphatic carbocycles. The summed E-state index contributed by atoms with van der Waals surface area (Å²) in [7, 11) is -1.42. The van der Waals surface area contributed by atoms with Gasteiger partial charge in [0.15, 0.2) is 0 Å².